The third kappa shape index (κ3) is 2.86. The van der Waals surface area contributed by atoms with Gasteiger partial charge in [-0.3, -0.25) is 0 Å². The monoisotopic (exact) mass is 263 g/mol. The van der Waals surface area contributed by atoms with E-state index in [2.05, 4.69) is 13.0 Å². The fourth-order valence-electron chi connectivity index (χ4n) is 2.08. The van der Waals surface area contributed by atoms with E-state index in [0.717, 1.165) is 23.5 Å². The SMILES string of the molecule is CC(O)c1ccc(C#N)cc1SC1CCOC1C. The first kappa shape index (κ1) is 13.4. The number of hydrogen-bond donors (Lipinski definition) is 1. The smallest absolute Gasteiger partial charge is 0.0992 e. The minimum atomic E-state index is -0.516. The number of benzene rings is 1. The van der Waals surface area contributed by atoms with E-state index in [9.17, 15) is 5.11 Å². The summed E-state index contributed by atoms with van der Waals surface area (Å²) in [6, 6.07) is 7.59. The molecule has 0 radical (unpaired) electrons. The maximum atomic E-state index is 9.78. The van der Waals surface area contributed by atoms with Gasteiger partial charge in [-0.2, -0.15) is 5.26 Å². The van der Waals surface area contributed by atoms with Crippen molar-refractivity contribution in [1.82, 2.24) is 0 Å². The molecule has 1 aromatic carbocycles. The molecule has 0 saturated carbocycles. The molecule has 1 N–H and O–H groups in total. The molecule has 1 saturated heterocycles. The summed E-state index contributed by atoms with van der Waals surface area (Å²) in [5.41, 5.74) is 1.52. The molecule has 1 heterocycles. The molecule has 1 fully saturated rings. The fraction of sp³-hybridized carbons (Fsp3) is 0.500. The Kier molecular flexibility index (Phi) is 4.28. The topological polar surface area (TPSA) is 53.2 Å². The highest BCUT2D eigenvalue weighted by molar-refractivity contribution is 8.00. The zero-order chi connectivity index (χ0) is 13.1. The zero-order valence-corrected chi connectivity index (χ0v) is 11.4. The van der Waals surface area contributed by atoms with Gasteiger partial charge in [0, 0.05) is 16.8 Å². The van der Waals surface area contributed by atoms with E-state index in [4.69, 9.17) is 10.00 Å². The van der Waals surface area contributed by atoms with Crippen LogP contribution >= 0.6 is 11.8 Å². The maximum Gasteiger partial charge on any atom is 0.0992 e. The molecule has 1 aliphatic heterocycles. The normalized spacial score (nSPS) is 24.8. The first-order chi connectivity index (χ1) is 8.61. The van der Waals surface area contributed by atoms with Crippen LogP contribution in [0.15, 0.2) is 23.1 Å². The minimum absolute atomic E-state index is 0.225. The third-order valence-electron chi connectivity index (χ3n) is 3.18. The van der Waals surface area contributed by atoms with Crippen molar-refractivity contribution in [2.24, 2.45) is 0 Å². The number of nitrogens with zero attached hydrogens (tertiary/aromatic N) is 1. The molecule has 2 rings (SSSR count). The lowest BCUT2D eigenvalue weighted by atomic mass is 10.1. The third-order valence-corrected chi connectivity index (χ3v) is 4.71. The summed E-state index contributed by atoms with van der Waals surface area (Å²) in [7, 11) is 0. The van der Waals surface area contributed by atoms with Crippen LogP contribution in [0, 0.1) is 11.3 Å². The summed E-state index contributed by atoms with van der Waals surface area (Å²) < 4.78 is 5.55. The number of rotatable bonds is 3. The molecule has 18 heavy (non-hydrogen) atoms. The number of thioether (sulfide) groups is 1. The average molecular weight is 263 g/mol. The molecular weight excluding hydrogens is 246 g/mol. The van der Waals surface area contributed by atoms with Gasteiger partial charge >= 0.3 is 0 Å². The van der Waals surface area contributed by atoms with E-state index in [-0.39, 0.29) is 6.10 Å². The first-order valence-corrected chi connectivity index (χ1v) is 7.00. The fourth-order valence-corrected chi connectivity index (χ4v) is 3.46. The predicted octanol–water partition coefficient (Wildman–Crippen LogP) is 2.88. The van der Waals surface area contributed by atoms with Crippen molar-refractivity contribution >= 4 is 11.8 Å². The Morgan fingerprint density at radius 1 is 1.56 bits per heavy atom. The standard InChI is InChI=1S/C14H17NO2S/c1-9(16)12-4-3-11(8-15)7-14(12)18-13-5-6-17-10(13)2/h3-4,7,9-10,13,16H,5-6H2,1-2H3. The van der Waals surface area contributed by atoms with Gasteiger partial charge < -0.3 is 9.84 Å². The lowest BCUT2D eigenvalue weighted by Crippen LogP contribution is -2.13. The molecule has 0 bridgehead atoms. The van der Waals surface area contributed by atoms with Gasteiger partial charge in [-0.15, -0.1) is 11.8 Å². The number of hydrogen-bond acceptors (Lipinski definition) is 4. The molecule has 0 aliphatic carbocycles. The van der Waals surface area contributed by atoms with Crippen molar-refractivity contribution < 1.29 is 9.84 Å². The Morgan fingerprint density at radius 3 is 2.89 bits per heavy atom. The van der Waals surface area contributed by atoms with Crippen LogP contribution in [0.5, 0.6) is 0 Å². The van der Waals surface area contributed by atoms with Gasteiger partial charge in [-0.25, -0.2) is 0 Å². The highest BCUT2D eigenvalue weighted by Gasteiger charge is 2.26. The quantitative estimate of drug-likeness (QED) is 0.911. The van der Waals surface area contributed by atoms with Crippen LogP contribution in [-0.2, 0) is 4.74 Å². The molecule has 3 unspecified atom stereocenters. The molecule has 0 aromatic heterocycles. The van der Waals surface area contributed by atoms with Crippen molar-refractivity contribution in [2.75, 3.05) is 6.61 Å². The van der Waals surface area contributed by atoms with Gasteiger partial charge in [0.15, 0.2) is 0 Å². The van der Waals surface area contributed by atoms with Crippen LogP contribution in [0.25, 0.3) is 0 Å². The van der Waals surface area contributed by atoms with Crippen LogP contribution in [0.2, 0.25) is 0 Å². The Morgan fingerprint density at radius 2 is 2.33 bits per heavy atom. The van der Waals surface area contributed by atoms with Gasteiger partial charge in [0.2, 0.25) is 0 Å². The largest absolute Gasteiger partial charge is 0.389 e. The van der Waals surface area contributed by atoms with Crippen molar-refractivity contribution in [3.8, 4) is 6.07 Å². The summed E-state index contributed by atoms with van der Waals surface area (Å²) in [6.45, 7) is 4.61. The zero-order valence-electron chi connectivity index (χ0n) is 10.6. The van der Waals surface area contributed by atoms with Crippen molar-refractivity contribution in [2.45, 2.75) is 42.6 Å². The Balaban J connectivity index is 2.26. The summed E-state index contributed by atoms with van der Waals surface area (Å²) in [4.78, 5) is 0.992. The van der Waals surface area contributed by atoms with Crippen LogP contribution in [0.1, 0.15) is 37.5 Å². The lowest BCUT2D eigenvalue weighted by Gasteiger charge is -2.17. The second kappa shape index (κ2) is 5.75. The summed E-state index contributed by atoms with van der Waals surface area (Å²) in [5, 5.41) is 19.1. The van der Waals surface area contributed by atoms with E-state index < -0.39 is 6.10 Å². The van der Waals surface area contributed by atoms with Crippen LogP contribution in [-0.4, -0.2) is 23.1 Å². The van der Waals surface area contributed by atoms with Gasteiger partial charge in [0.05, 0.1) is 23.8 Å². The molecular formula is C14H17NO2S. The van der Waals surface area contributed by atoms with Crippen molar-refractivity contribution in [3.05, 3.63) is 29.3 Å². The van der Waals surface area contributed by atoms with E-state index in [1.807, 2.05) is 12.1 Å². The van der Waals surface area contributed by atoms with Gasteiger partial charge in [0.1, 0.15) is 0 Å². The molecule has 3 atom stereocenters. The predicted molar refractivity (Wildman–Crippen MR) is 71.5 cm³/mol. The Hall–Kier alpha value is -1.02. The molecule has 4 heteroatoms. The summed E-state index contributed by atoms with van der Waals surface area (Å²) in [5.74, 6) is 0. The molecule has 96 valence electrons. The van der Waals surface area contributed by atoms with Gasteiger partial charge in [0.25, 0.3) is 0 Å². The lowest BCUT2D eigenvalue weighted by molar-refractivity contribution is 0.127. The molecule has 3 nitrogen and oxygen atoms in total. The van der Waals surface area contributed by atoms with Crippen LogP contribution in [0.3, 0.4) is 0 Å². The number of nitriles is 1. The highest BCUT2D eigenvalue weighted by atomic mass is 32.2. The molecule has 1 aliphatic rings. The van der Waals surface area contributed by atoms with Crippen LogP contribution < -0.4 is 0 Å². The van der Waals surface area contributed by atoms with Gasteiger partial charge in [-0.1, -0.05) is 6.07 Å². The summed E-state index contributed by atoms with van der Waals surface area (Å²) in [6.07, 6.45) is 0.724. The Labute approximate surface area is 112 Å². The maximum absolute atomic E-state index is 9.78. The van der Waals surface area contributed by atoms with E-state index in [1.165, 1.54) is 0 Å². The molecule has 1 aromatic rings. The van der Waals surface area contributed by atoms with Crippen LogP contribution in [0.4, 0.5) is 0 Å². The number of ether oxygens (including phenoxy) is 1. The van der Waals surface area contributed by atoms with Gasteiger partial charge in [-0.05, 0) is 38.0 Å². The highest BCUT2D eigenvalue weighted by Crippen LogP contribution is 2.36. The van der Waals surface area contributed by atoms with E-state index in [0.29, 0.717) is 10.8 Å². The second-order valence-corrected chi connectivity index (χ2v) is 5.84. The Bertz CT molecular complexity index is 467. The number of aliphatic hydroxyl groups excluding tert-OH is 1. The van der Waals surface area contributed by atoms with Crippen molar-refractivity contribution in [1.29, 1.82) is 5.26 Å². The van der Waals surface area contributed by atoms with E-state index in [1.54, 1.807) is 24.8 Å². The van der Waals surface area contributed by atoms with E-state index >= 15 is 0 Å². The number of aliphatic hydroxyl groups is 1. The first-order valence-electron chi connectivity index (χ1n) is 6.12. The summed E-state index contributed by atoms with van der Waals surface area (Å²) >= 11 is 1.71. The van der Waals surface area contributed by atoms with Crippen molar-refractivity contribution in [3.63, 3.8) is 0 Å². The average Bonchev–Trinajstić information content (AvgIpc) is 2.74. The molecule has 0 spiro atoms. The second-order valence-electron chi connectivity index (χ2n) is 4.56. The molecule has 0 amide bonds. The minimum Gasteiger partial charge on any atom is -0.389 e.